The van der Waals surface area contributed by atoms with Gasteiger partial charge in [0, 0.05) is 0 Å². The Morgan fingerprint density at radius 2 is 2.42 bits per heavy atom. The molecule has 2 N–H and O–H groups in total. The summed E-state index contributed by atoms with van der Waals surface area (Å²) in [5.41, 5.74) is 0. The number of hydrogen-bond acceptors (Lipinski definition) is 3. The molecule has 1 aliphatic heterocycles. The average molecular weight is 168 g/mol. The van der Waals surface area contributed by atoms with E-state index in [0.29, 0.717) is 6.04 Å². The van der Waals surface area contributed by atoms with Crippen LogP contribution in [-0.4, -0.2) is 29.5 Å². The summed E-state index contributed by atoms with van der Waals surface area (Å²) in [6.45, 7) is 0. The molecule has 3 atom stereocenters. The Balaban J connectivity index is 1.99. The highest BCUT2D eigenvalue weighted by atomic mass is 16.4. The SMILES string of the molecule is O=C(O)C1CCC2N=CNC2C1. The number of aliphatic imine (C=N–C) groups is 1. The van der Waals surface area contributed by atoms with Crippen molar-refractivity contribution in [1.82, 2.24) is 5.32 Å². The minimum Gasteiger partial charge on any atom is -0.481 e. The number of aliphatic carboxylic acids is 1. The molecule has 0 amide bonds. The molecule has 1 heterocycles. The molecule has 0 bridgehead atoms. The van der Waals surface area contributed by atoms with E-state index in [-0.39, 0.29) is 12.0 Å². The lowest BCUT2D eigenvalue weighted by atomic mass is 9.83. The molecule has 0 aromatic heterocycles. The maximum Gasteiger partial charge on any atom is 0.306 e. The Hall–Kier alpha value is -1.06. The zero-order chi connectivity index (χ0) is 8.55. The topological polar surface area (TPSA) is 61.7 Å². The first-order valence-electron chi connectivity index (χ1n) is 4.28. The second kappa shape index (κ2) is 2.77. The van der Waals surface area contributed by atoms with Crippen molar-refractivity contribution in [2.45, 2.75) is 31.3 Å². The molecular formula is C8H12N2O2. The van der Waals surface area contributed by atoms with Crippen LogP contribution in [-0.2, 0) is 4.79 Å². The Labute approximate surface area is 70.7 Å². The number of nitrogens with one attached hydrogen (secondary N) is 1. The summed E-state index contributed by atoms with van der Waals surface area (Å²) in [5, 5.41) is 11.9. The number of rotatable bonds is 1. The molecule has 4 heteroatoms. The predicted molar refractivity (Wildman–Crippen MR) is 44.2 cm³/mol. The third-order valence-corrected chi connectivity index (χ3v) is 2.72. The van der Waals surface area contributed by atoms with Gasteiger partial charge in [-0.05, 0) is 19.3 Å². The molecule has 2 aliphatic rings. The van der Waals surface area contributed by atoms with Crippen LogP contribution in [0.2, 0.25) is 0 Å². The fraction of sp³-hybridized carbons (Fsp3) is 0.750. The molecule has 1 saturated carbocycles. The van der Waals surface area contributed by atoms with Crippen LogP contribution < -0.4 is 5.32 Å². The number of carboxylic acids is 1. The zero-order valence-electron chi connectivity index (χ0n) is 6.73. The van der Waals surface area contributed by atoms with E-state index >= 15 is 0 Å². The highest BCUT2D eigenvalue weighted by Crippen LogP contribution is 2.28. The third kappa shape index (κ3) is 1.17. The van der Waals surface area contributed by atoms with Crippen molar-refractivity contribution in [2.75, 3.05) is 0 Å². The number of hydrogen-bond donors (Lipinski definition) is 2. The number of carboxylic acid groups (broad SMARTS) is 1. The van der Waals surface area contributed by atoms with Gasteiger partial charge in [-0.15, -0.1) is 0 Å². The molecule has 2 rings (SSSR count). The summed E-state index contributed by atoms with van der Waals surface area (Å²) in [6.07, 6.45) is 4.11. The Morgan fingerprint density at radius 1 is 1.58 bits per heavy atom. The number of carbonyl (C=O) groups is 1. The summed E-state index contributed by atoms with van der Waals surface area (Å²) >= 11 is 0. The van der Waals surface area contributed by atoms with Gasteiger partial charge in [0.2, 0.25) is 0 Å². The maximum absolute atomic E-state index is 10.7. The van der Waals surface area contributed by atoms with Gasteiger partial charge in [0.05, 0.1) is 24.3 Å². The molecule has 1 aliphatic carbocycles. The summed E-state index contributed by atoms with van der Waals surface area (Å²) in [6, 6.07) is 0.612. The van der Waals surface area contributed by atoms with E-state index in [2.05, 4.69) is 10.3 Å². The zero-order valence-corrected chi connectivity index (χ0v) is 6.73. The molecule has 12 heavy (non-hydrogen) atoms. The van der Waals surface area contributed by atoms with Gasteiger partial charge in [0.15, 0.2) is 0 Å². The third-order valence-electron chi connectivity index (χ3n) is 2.72. The lowest BCUT2D eigenvalue weighted by Gasteiger charge is -2.27. The second-order valence-electron chi connectivity index (χ2n) is 3.47. The fourth-order valence-electron chi connectivity index (χ4n) is 1.97. The Kier molecular flexibility index (Phi) is 1.75. The normalized spacial score (nSPS) is 38.8. The largest absolute Gasteiger partial charge is 0.481 e. The van der Waals surface area contributed by atoms with Crippen molar-refractivity contribution in [3.63, 3.8) is 0 Å². The summed E-state index contributed by atoms with van der Waals surface area (Å²) in [5.74, 6) is -0.831. The first kappa shape index (κ1) is 7.58. The molecule has 0 spiro atoms. The van der Waals surface area contributed by atoms with Crippen LogP contribution in [0.4, 0.5) is 0 Å². The van der Waals surface area contributed by atoms with Gasteiger partial charge in [-0.2, -0.15) is 0 Å². The molecule has 0 aromatic carbocycles. The van der Waals surface area contributed by atoms with E-state index in [4.69, 9.17) is 5.11 Å². The van der Waals surface area contributed by atoms with Gasteiger partial charge in [-0.1, -0.05) is 0 Å². The van der Waals surface area contributed by atoms with Gasteiger partial charge in [-0.25, -0.2) is 0 Å². The van der Waals surface area contributed by atoms with Crippen molar-refractivity contribution >= 4 is 12.3 Å². The van der Waals surface area contributed by atoms with Crippen molar-refractivity contribution < 1.29 is 9.90 Å². The molecule has 3 unspecified atom stereocenters. The first-order chi connectivity index (χ1) is 5.77. The van der Waals surface area contributed by atoms with E-state index in [1.807, 2.05) is 0 Å². The molecule has 0 aromatic rings. The molecule has 1 fully saturated rings. The van der Waals surface area contributed by atoms with Gasteiger partial charge in [0.1, 0.15) is 0 Å². The van der Waals surface area contributed by atoms with Crippen LogP contribution in [0.3, 0.4) is 0 Å². The Morgan fingerprint density at radius 3 is 3.17 bits per heavy atom. The standard InChI is InChI=1S/C8H12N2O2/c11-8(12)5-1-2-6-7(3-5)10-4-9-6/h4-7H,1-3H2,(H,9,10)(H,11,12). The van der Waals surface area contributed by atoms with E-state index in [1.165, 1.54) is 0 Å². The summed E-state index contributed by atoms with van der Waals surface area (Å²) in [7, 11) is 0. The van der Waals surface area contributed by atoms with Crippen molar-refractivity contribution in [2.24, 2.45) is 10.9 Å². The number of nitrogens with zero attached hydrogens (tertiary/aromatic N) is 1. The lowest BCUT2D eigenvalue weighted by molar-refractivity contribution is -0.143. The smallest absolute Gasteiger partial charge is 0.306 e. The Bertz CT molecular complexity index is 227. The van der Waals surface area contributed by atoms with Crippen LogP contribution in [0, 0.1) is 5.92 Å². The summed E-state index contributed by atoms with van der Waals surface area (Å²) in [4.78, 5) is 14.9. The van der Waals surface area contributed by atoms with E-state index < -0.39 is 5.97 Å². The second-order valence-corrected chi connectivity index (χ2v) is 3.47. The summed E-state index contributed by atoms with van der Waals surface area (Å²) < 4.78 is 0. The van der Waals surface area contributed by atoms with Crippen molar-refractivity contribution in [1.29, 1.82) is 0 Å². The lowest BCUT2D eigenvalue weighted by Crippen LogP contribution is -2.39. The highest BCUT2D eigenvalue weighted by Gasteiger charge is 2.34. The van der Waals surface area contributed by atoms with Gasteiger partial charge in [-0.3, -0.25) is 9.79 Å². The van der Waals surface area contributed by atoms with Crippen molar-refractivity contribution in [3.05, 3.63) is 0 Å². The molecular weight excluding hydrogens is 156 g/mol. The minimum atomic E-state index is -0.665. The monoisotopic (exact) mass is 168 g/mol. The number of fused-ring (bicyclic) bond motifs is 1. The minimum absolute atomic E-state index is 0.166. The van der Waals surface area contributed by atoms with Crippen LogP contribution in [0.5, 0.6) is 0 Å². The van der Waals surface area contributed by atoms with Crippen LogP contribution in [0.15, 0.2) is 4.99 Å². The molecule has 66 valence electrons. The van der Waals surface area contributed by atoms with E-state index in [9.17, 15) is 4.79 Å². The average Bonchev–Trinajstić information content (AvgIpc) is 2.49. The van der Waals surface area contributed by atoms with Gasteiger partial charge < -0.3 is 10.4 Å². The quantitative estimate of drug-likeness (QED) is 0.589. The molecule has 0 saturated heterocycles. The highest BCUT2D eigenvalue weighted by molar-refractivity contribution is 5.70. The first-order valence-corrected chi connectivity index (χ1v) is 4.28. The molecule has 4 nitrogen and oxygen atoms in total. The maximum atomic E-state index is 10.7. The predicted octanol–water partition coefficient (Wildman–Crippen LogP) is 0.240. The van der Waals surface area contributed by atoms with Gasteiger partial charge >= 0.3 is 5.97 Å². The fourth-order valence-corrected chi connectivity index (χ4v) is 1.97. The van der Waals surface area contributed by atoms with Crippen molar-refractivity contribution in [3.8, 4) is 0 Å². The molecule has 0 radical (unpaired) electrons. The van der Waals surface area contributed by atoms with E-state index in [0.717, 1.165) is 19.3 Å². The van der Waals surface area contributed by atoms with E-state index in [1.54, 1.807) is 6.34 Å². The van der Waals surface area contributed by atoms with Crippen LogP contribution in [0.1, 0.15) is 19.3 Å². The van der Waals surface area contributed by atoms with Gasteiger partial charge in [0.25, 0.3) is 0 Å². The van der Waals surface area contributed by atoms with Crippen LogP contribution in [0.25, 0.3) is 0 Å². The van der Waals surface area contributed by atoms with Crippen LogP contribution >= 0.6 is 0 Å².